The molecule has 5 nitrogen and oxygen atoms in total. The van der Waals surface area contributed by atoms with E-state index in [2.05, 4.69) is 4.72 Å². The maximum absolute atomic E-state index is 12.6. The Kier molecular flexibility index (Phi) is 6.71. The number of esters is 1. The summed E-state index contributed by atoms with van der Waals surface area (Å²) in [5.41, 5.74) is 1.91. The lowest BCUT2D eigenvalue weighted by Gasteiger charge is -2.20. The van der Waals surface area contributed by atoms with Crippen molar-refractivity contribution in [2.24, 2.45) is 5.92 Å². The zero-order chi connectivity index (χ0) is 19.2. The number of sulfonamides is 1. The number of carbonyl (C=O) groups is 1. The first-order valence-corrected chi connectivity index (χ1v) is 9.72. The molecular formula is C20H23NO4S. The van der Waals surface area contributed by atoms with E-state index in [1.54, 1.807) is 25.1 Å². The Bertz CT molecular complexity index is 858. The number of hydrogen-bond acceptors (Lipinski definition) is 4. The Morgan fingerprint density at radius 3 is 2.27 bits per heavy atom. The lowest BCUT2D eigenvalue weighted by Crippen LogP contribution is -2.45. The zero-order valence-corrected chi connectivity index (χ0v) is 15.9. The van der Waals surface area contributed by atoms with Crippen molar-refractivity contribution < 1.29 is 17.9 Å². The van der Waals surface area contributed by atoms with Gasteiger partial charge in [0.25, 0.3) is 0 Å². The number of hydrogen-bond donors (Lipinski definition) is 1. The first-order chi connectivity index (χ1) is 12.3. The Hall–Kier alpha value is -2.44. The maximum atomic E-state index is 12.6. The van der Waals surface area contributed by atoms with Crippen molar-refractivity contribution in [1.82, 2.24) is 4.72 Å². The fraction of sp³-hybridized carbons (Fsp3) is 0.250. The summed E-state index contributed by atoms with van der Waals surface area (Å²) in [6.07, 6.45) is 3.63. The van der Waals surface area contributed by atoms with Crippen molar-refractivity contribution in [3.05, 3.63) is 71.8 Å². The third-order valence-electron chi connectivity index (χ3n) is 3.99. The van der Waals surface area contributed by atoms with E-state index in [0.29, 0.717) is 0 Å². The molecule has 0 radical (unpaired) electrons. The largest absolute Gasteiger partial charge is 0.468 e. The molecule has 2 atom stereocenters. The van der Waals surface area contributed by atoms with Crippen LogP contribution in [0.2, 0.25) is 0 Å². The van der Waals surface area contributed by atoms with E-state index in [4.69, 9.17) is 4.74 Å². The van der Waals surface area contributed by atoms with Crippen LogP contribution in [0.15, 0.2) is 65.6 Å². The van der Waals surface area contributed by atoms with Crippen molar-refractivity contribution >= 4 is 22.1 Å². The van der Waals surface area contributed by atoms with Crippen LogP contribution in [0.4, 0.5) is 0 Å². The number of carbonyl (C=O) groups excluding carboxylic acids is 1. The SMILES string of the molecule is COC(=O)C(NS(=O)(=O)c1ccc(C)cc1)C(C)/C=C/c1ccccc1. The molecule has 0 amide bonds. The van der Waals surface area contributed by atoms with Gasteiger partial charge >= 0.3 is 5.97 Å². The molecule has 0 bridgehead atoms. The second kappa shape index (κ2) is 8.78. The van der Waals surface area contributed by atoms with Crippen molar-refractivity contribution in [3.63, 3.8) is 0 Å². The second-order valence-corrected chi connectivity index (χ2v) is 7.78. The summed E-state index contributed by atoms with van der Waals surface area (Å²) >= 11 is 0. The lowest BCUT2D eigenvalue weighted by atomic mass is 10.0. The van der Waals surface area contributed by atoms with Gasteiger partial charge in [-0.15, -0.1) is 0 Å². The molecule has 0 saturated carbocycles. The molecule has 0 saturated heterocycles. The molecule has 0 heterocycles. The van der Waals surface area contributed by atoms with Gasteiger partial charge in [-0.05, 0) is 24.6 Å². The molecule has 6 heteroatoms. The van der Waals surface area contributed by atoms with Crippen LogP contribution in [0.1, 0.15) is 18.1 Å². The normalized spacial score (nSPS) is 14.1. The minimum atomic E-state index is -3.84. The van der Waals surface area contributed by atoms with Gasteiger partial charge in [0.2, 0.25) is 10.0 Å². The van der Waals surface area contributed by atoms with Crippen molar-refractivity contribution in [2.45, 2.75) is 24.8 Å². The molecule has 0 fully saturated rings. The molecule has 0 aliphatic rings. The summed E-state index contributed by atoms with van der Waals surface area (Å²) in [7, 11) is -2.60. The van der Waals surface area contributed by atoms with Crippen LogP contribution in [0.5, 0.6) is 0 Å². The van der Waals surface area contributed by atoms with Crippen LogP contribution in [-0.2, 0) is 19.6 Å². The molecule has 0 spiro atoms. The predicted octanol–water partition coefficient (Wildman–Crippen LogP) is 3.16. The average molecular weight is 373 g/mol. The number of benzene rings is 2. The van der Waals surface area contributed by atoms with Gasteiger partial charge in [0.1, 0.15) is 6.04 Å². The summed E-state index contributed by atoms with van der Waals surface area (Å²) in [6, 6.07) is 15.0. The van der Waals surface area contributed by atoms with Crippen molar-refractivity contribution in [3.8, 4) is 0 Å². The molecule has 2 aromatic carbocycles. The van der Waals surface area contributed by atoms with Gasteiger partial charge in [-0.2, -0.15) is 4.72 Å². The summed E-state index contributed by atoms with van der Waals surface area (Å²) in [4.78, 5) is 12.3. The average Bonchev–Trinajstić information content (AvgIpc) is 2.65. The quantitative estimate of drug-likeness (QED) is 0.757. The highest BCUT2D eigenvalue weighted by molar-refractivity contribution is 7.89. The van der Waals surface area contributed by atoms with Gasteiger partial charge in [-0.3, -0.25) is 4.79 Å². The smallest absolute Gasteiger partial charge is 0.324 e. The van der Waals surface area contributed by atoms with Gasteiger partial charge in [-0.25, -0.2) is 8.42 Å². The highest BCUT2D eigenvalue weighted by Gasteiger charge is 2.30. The molecule has 0 aliphatic heterocycles. The Morgan fingerprint density at radius 2 is 1.69 bits per heavy atom. The van der Waals surface area contributed by atoms with Gasteiger partial charge in [0.05, 0.1) is 12.0 Å². The van der Waals surface area contributed by atoms with E-state index in [0.717, 1.165) is 11.1 Å². The highest BCUT2D eigenvalue weighted by Crippen LogP contribution is 2.16. The van der Waals surface area contributed by atoms with Gasteiger partial charge in [-0.1, -0.05) is 67.1 Å². The minimum Gasteiger partial charge on any atom is -0.468 e. The molecule has 2 unspecified atom stereocenters. The van der Waals surface area contributed by atoms with E-state index in [9.17, 15) is 13.2 Å². The molecular weight excluding hydrogens is 350 g/mol. The summed E-state index contributed by atoms with van der Waals surface area (Å²) in [5, 5.41) is 0. The summed E-state index contributed by atoms with van der Waals surface area (Å²) in [6.45, 7) is 3.64. The predicted molar refractivity (Wildman–Crippen MR) is 102 cm³/mol. The van der Waals surface area contributed by atoms with Crippen LogP contribution < -0.4 is 4.72 Å². The number of methoxy groups -OCH3 is 1. The third-order valence-corrected chi connectivity index (χ3v) is 5.44. The Labute approximate surface area is 154 Å². The first kappa shape index (κ1) is 19.9. The molecule has 138 valence electrons. The van der Waals surface area contributed by atoms with Gasteiger partial charge in [0.15, 0.2) is 0 Å². The molecule has 1 N–H and O–H groups in total. The fourth-order valence-corrected chi connectivity index (χ4v) is 3.66. The number of rotatable bonds is 7. The summed E-state index contributed by atoms with van der Waals surface area (Å²) < 4.78 is 32.5. The number of aryl methyl sites for hydroxylation is 1. The van der Waals surface area contributed by atoms with E-state index >= 15 is 0 Å². The standard InChI is InChI=1S/C20H23NO4S/c1-15-9-13-18(14-10-15)26(23,24)21-19(20(22)25-3)16(2)11-12-17-7-5-4-6-8-17/h4-14,16,19,21H,1-3H3/b12-11+. The first-order valence-electron chi connectivity index (χ1n) is 8.23. The number of ether oxygens (including phenoxy) is 1. The van der Waals surface area contributed by atoms with Gasteiger partial charge < -0.3 is 4.74 Å². The molecule has 2 rings (SSSR count). The highest BCUT2D eigenvalue weighted by atomic mass is 32.2. The molecule has 26 heavy (non-hydrogen) atoms. The minimum absolute atomic E-state index is 0.108. The zero-order valence-electron chi connectivity index (χ0n) is 15.0. The van der Waals surface area contributed by atoms with E-state index in [1.807, 2.05) is 43.3 Å². The van der Waals surface area contributed by atoms with E-state index < -0.39 is 28.0 Å². The van der Waals surface area contributed by atoms with E-state index in [-0.39, 0.29) is 4.90 Å². The summed E-state index contributed by atoms with van der Waals surface area (Å²) in [5.74, 6) is -1.03. The second-order valence-electron chi connectivity index (χ2n) is 6.06. The number of nitrogens with one attached hydrogen (secondary N) is 1. The van der Waals surface area contributed by atoms with Crippen molar-refractivity contribution in [2.75, 3.05) is 7.11 Å². The van der Waals surface area contributed by atoms with E-state index in [1.165, 1.54) is 19.2 Å². The van der Waals surface area contributed by atoms with Crippen LogP contribution in [0.25, 0.3) is 6.08 Å². The molecule has 2 aromatic rings. The maximum Gasteiger partial charge on any atom is 0.324 e. The molecule has 0 aliphatic carbocycles. The van der Waals surface area contributed by atoms with Crippen molar-refractivity contribution in [1.29, 1.82) is 0 Å². The topological polar surface area (TPSA) is 72.5 Å². The Morgan fingerprint density at radius 1 is 1.08 bits per heavy atom. The fourth-order valence-electron chi connectivity index (χ4n) is 2.39. The van der Waals surface area contributed by atoms with Crippen LogP contribution in [0.3, 0.4) is 0 Å². The van der Waals surface area contributed by atoms with Crippen LogP contribution in [-0.4, -0.2) is 27.5 Å². The van der Waals surface area contributed by atoms with Gasteiger partial charge in [0, 0.05) is 5.92 Å². The van der Waals surface area contributed by atoms with Crippen LogP contribution in [0, 0.1) is 12.8 Å². The third kappa shape index (κ3) is 5.28. The molecule has 0 aromatic heterocycles. The monoisotopic (exact) mass is 373 g/mol. The Balaban J connectivity index is 2.22. The lowest BCUT2D eigenvalue weighted by molar-refractivity contribution is -0.143. The van der Waals surface area contributed by atoms with Crippen LogP contribution >= 0.6 is 0 Å².